The Morgan fingerprint density at radius 2 is 2.08 bits per heavy atom. The SMILES string of the molecule is CN(CCc1ccccn1)C(=O)C1CN(C(=O)Cn2cccn2)C1. The van der Waals surface area contributed by atoms with Gasteiger partial charge in [-0.25, -0.2) is 0 Å². The first kappa shape index (κ1) is 16.2. The first-order chi connectivity index (χ1) is 11.6. The molecule has 7 nitrogen and oxygen atoms in total. The van der Waals surface area contributed by atoms with Crippen molar-refractivity contribution in [3.05, 3.63) is 48.5 Å². The predicted molar refractivity (Wildman–Crippen MR) is 87.9 cm³/mol. The molecular formula is C17H21N5O2. The zero-order valence-electron chi connectivity index (χ0n) is 13.7. The summed E-state index contributed by atoms with van der Waals surface area (Å²) in [5, 5.41) is 4.02. The molecule has 3 heterocycles. The highest BCUT2D eigenvalue weighted by Gasteiger charge is 2.36. The quantitative estimate of drug-likeness (QED) is 0.772. The second-order valence-electron chi connectivity index (χ2n) is 6.03. The predicted octanol–water partition coefficient (Wildman–Crippen LogP) is 0.438. The Labute approximate surface area is 140 Å². The molecule has 126 valence electrons. The van der Waals surface area contributed by atoms with Crippen LogP contribution in [0, 0.1) is 5.92 Å². The number of carbonyl (C=O) groups is 2. The molecule has 24 heavy (non-hydrogen) atoms. The van der Waals surface area contributed by atoms with Crippen LogP contribution in [0.1, 0.15) is 5.69 Å². The Balaban J connectivity index is 1.41. The molecule has 0 atom stereocenters. The Bertz CT molecular complexity index is 680. The molecule has 2 aromatic rings. The fourth-order valence-electron chi connectivity index (χ4n) is 2.72. The third kappa shape index (κ3) is 3.79. The van der Waals surface area contributed by atoms with E-state index < -0.39 is 0 Å². The highest BCUT2D eigenvalue weighted by molar-refractivity contribution is 5.84. The topological polar surface area (TPSA) is 71.3 Å². The van der Waals surface area contributed by atoms with Crippen molar-refractivity contribution in [1.82, 2.24) is 24.6 Å². The summed E-state index contributed by atoms with van der Waals surface area (Å²) in [6, 6.07) is 7.56. The van der Waals surface area contributed by atoms with Crippen molar-refractivity contribution < 1.29 is 9.59 Å². The van der Waals surface area contributed by atoms with Crippen LogP contribution in [-0.2, 0) is 22.6 Å². The van der Waals surface area contributed by atoms with Crippen LogP contribution in [0.15, 0.2) is 42.9 Å². The summed E-state index contributed by atoms with van der Waals surface area (Å²) >= 11 is 0. The molecule has 0 spiro atoms. The van der Waals surface area contributed by atoms with E-state index in [1.54, 1.807) is 46.2 Å². The van der Waals surface area contributed by atoms with Gasteiger partial charge in [-0.1, -0.05) is 6.07 Å². The number of likely N-dealkylation sites (N-methyl/N-ethyl adjacent to an activating group) is 1. The van der Waals surface area contributed by atoms with E-state index in [1.165, 1.54) is 0 Å². The lowest BCUT2D eigenvalue weighted by Gasteiger charge is -2.39. The molecule has 0 unspecified atom stereocenters. The maximum Gasteiger partial charge on any atom is 0.244 e. The number of hydrogen-bond acceptors (Lipinski definition) is 4. The maximum atomic E-state index is 12.4. The molecule has 1 aliphatic heterocycles. The largest absolute Gasteiger partial charge is 0.345 e. The molecule has 1 aliphatic rings. The third-order valence-electron chi connectivity index (χ3n) is 4.25. The lowest BCUT2D eigenvalue weighted by Crippen LogP contribution is -2.56. The maximum absolute atomic E-state index is 12.4. The minimum atomic E-state index is -0.0969. The van der Waals surface area contributed by atoms with E-state index in [0.717, 1.165) is 12.1 Å². The minimum Gasteiger partial charge on any atom is -0.345 e. The van der Waals surface area contributed by atoms with Gasteiger partial charge >= 0.3 is 0 Å². The van der Waals surface area contributed by atoms with Gasteiger partial charge in [-0.05, 0) is 18.2 Å². The van der Waals surface area contributed by atoms with Gasteiger partial charge in [0, 0.05) is 57.4 Å². The first-order valence-corrected chi connectivity index (χ1v) is 8.03. The van der Waals surface area contributed by atoms with Crippen molar-refractivity contribution in [3.8, 4) is 0 Å². The first-order valence-electron chi connectivity index (χ1n) is 8.03. The average Bonchev–Trinajstić information content (AvgIpc) is 3.05. The number of aromatic nitrogens is 3. The number of hydrogen-bond donors (Lipinski definition) is 0. The number of carbonyl (C=O) groups excluding carboxylic acids is 2. The van der Waals surface area contributed by atoms with E-state index in [1.807, 2.05) is 18.2 Å². The highest BCUT2D eigenvalue weighted by atomic mass is 16.2. The summed E-state index contributed by atoms with van der Waals surface area (Å²) in [5.41, 5.74) is 0.974. The molecule has 2 aromatic heterocycles. The van der Waals surface area contributed by atoms with Crippen molar-refractivity contribution >= 4 is 11.8 Å². The van der Waals surface area contributed by atoms with Crippen LogP contribution in [0.2, 0.25) is 0 Å². The van der Waals surface area contributed by atoms with Gasteiger partial charge in [-0.2, -0.15) is 5.10 Å². The normalized spacial score (nSPS) is 14.3. The lowest BCUT2D eigenvalue weighted by atomic mass is 9.98. The van der Waals surface area contributed by atoms with Gasteiger partial charge in [0.2, 0.25) is 11.8 Å². The minimum absolute atomic E-state index is 0.00103. The zero-order valence-corrected chi connectivity index (χ0v) is 13.7. The molecule has 7 heteroatoms. The second kappa shape index (κ2) is 7.25. The molecule has 3 rings (SSSR count). The summed E-state index contributed by atoms with van der Waals surface area (Å²) in [5.74, 6) is -0.00624. The summed E-state index contributed by atoms with van der Waals surface area (Å²) < 4.78 is 1.59. The Hall–Kier alpha value is -2.70. The van der Waals surface area contributed by atoms with Gasteiger partial charge in [0.05, 0.1) is 5.92 Å². The molecule has 0 radical (unpaired) electrons. The zero-order chi connectivity index (χ0) is 16.9. The summed E-state index contributed by atoms with van der Waals surface area (Å²) in [6.07, 6.45) is 5.89. The molecule has 0 aromatic carbocycles. The van der Waals surface area contributed by atoms with Crippen LogP contribution in [0.25, 0.3) is 0 Å². The summed E-state index contributed by atoms with van der Waals surface area (Å²) in [7, 11) is 1.81. The van der Waals surface area contributed by atoms with E-state index in [4.69, 9.17) is 0 Å². The number of amides is 2. The molecule has 0 saturated carbocycles. The van der Waals surface area contributed by atoms with E-state index in [2.05, 4.69) is 10.1 Å². The molecule has 2 amide bonds. The van der Waals surface area contributed by atoms with Crippen LogP contribution < -0.4 is 0 Å². The van der Waals surface area contributed by atoms with Gasteiger partial charge in [-0.15, -0.1) is 0 Å². The smallest absolute Gasteiger partial charge is 0.244 e. The Kier molecular flexibility index (Phi) is 4.88. The number of likely N-dealkylation sites (tertiary alicyclic amines) is 1. The van der Waals surface area contributed by atoms with E-state index in [-0.39, 0.29) is 24.3 Å². The van der Waals surface area contributed by atoms with Crippen LogP contribution in [0.5, 0.6) is 0 Å². The number of nitrogens with zero attached hydrogens (tertiary/aromatic N) is 5. The monoisotopic (exact) mass is 327 g/mol. The van der Waals surface area contributed by atoms with Crippen molar-refractivity contribution in [3.63, 3.8) is 0 Å². The molecular weight excluding hydrogens is 306 g/mol. The average molecular weight is 327 g/mol. The Morgan fingerprint density at radius 3 is 2.75 bits per heavy atom. The van der Waals surface area contributed by atoms with Gasteiger partial charge in [0.1, 0.15) is 6.54 Å². The number of pyridine rings is 1. The van der Waals surface area contributed by atoms with Crippen LogP contribution >= 0.6 is 0 Å². The molecule has 0 bridgehead atoms. The third-order valence-corrected chi connectivity index (χ3v) is 4.25. The molecule has 1 fully saturated rings. The van der Waals surface area contributed by atoms with Crippen LogP contribution in [0.4, 0.5) is 0 Å². The molecule has 1 saturated heterocycles. The van der Waals surface area contributed by atoms with Crippen LogP contribution in [-0.4, -0.2) is 63.1 Å². The van der Waals surface area contributed by atoms with Crippen molar-refractivity contribution in [2.75, 3.05) is 26.7 Å². The van der Waals surface area contributed by atoms with Gasteiger partial charge in [0.25, 0.3) is 0 Å². The second-order valence-corrected chi connectivity index (χ2v) is 6.03. The lowest BCUT2D eigenvalue weighted by molar-refractivity contribution is -0.148. The highest BCUT2D eigenvalue weighted by Crippen LogP contribution is 2.18. The molecule has 0 aliphatic carbocycles. The Morgan fingerprint density at radius 1 is 1.25 bits per heavy atom. The van der Waals surface area contributed by atoms with Crippen LogP contribution in [0.3, 0.4) is 0 Å². The summed E-state index contributed by atoms with van der Waals surface area (Å²) in [6.45, 7) is 1.84. The fourth-order valence-corrected chi connectivity index (χ4v) is 2.72. The van der Waals surface area contributed by atoms with Gasteiger partial charge < -0.3 is 9.80 Å². The van der Waals surface area contributed by atoms with Gasteiger partial charge in [-0.3, -0.25) is 19.3 Å². The van der Waals surface area contributed by atoms with E-state index in [9.17, 15) is 9.59 Å². The number of rotatable bonds is 6. The summed E-state index contributed by atoms with van der Waals surface area (Å²) in [4.78, 5) is 32.2. The van der Waals surface area contributed by atoms with E-state index >= 15 is 0 Å². The van der Waals surface area contributed by atoms with Crippen molar-refractivity contribution in [1.29, 1.82) is 0 Å². The molecule has 0 N–H and O–H groups in total. The van der Waals surface area contributed by atoms with Gasteiger partial charge in [0.15, 0.2) is 0 Å². The van der Waals surface area contributed by atoms with Crippen molar-refractivity contribution in [2.24, 2.45) is 5.92 Å². The fraction of sp³-hybridized carbons (Fsp3) is 0.412. The van der Waals surface area contributed by atoms with E-state index in [0.29, 0.717) is 19.6 Å². The van der Waals surface area contributed by atoms with Crippen molar-refractivity contribution in [2.45, 2.75) is 13.0 Å². The standard InChI is InChI=1S/C17H21N5O2/c1-20(10-6-15-5-2-3-7-18-15)17(24)14-11-21(12-14)16(23)13-22-9-4-8-19-22/h2-5,7-9,14H,6,10-13H2,1H3.